The highest BCUT2D eigenvalue weighted by molar-refractivity contribution is 6.02. The normalized spacial score (nSPS) is 10.7. The van der Waals surface area contributed by atoms with Gasteiger partial charge < -0.3 is 5.32 Å². The minimum absolute atomic E-state index is 0.302. The van der Waals surface area contributed by atoms with Crippen LogP contribution in [0.15, 0.2) is 67.1 Å². The van der Waals surface area contributed by atoms with Crippen LogP contribution in [0.3, 0.4) is 0 Å². The van der Waals surface area contributed by atoms with E-state index in [4.69, 9.17) is 0 Å². The van der Waals surface area contributed by atoms with Crippen LogP contribution in [-0.4, -0.2) is 30.5 Å². The van der Waals surface area contributed by atoms with E-state index in [9.17, 15) is 4.79 Å². The Labute approximate surface area is 156 Å². The maximum Gasteiger partial charge on any atom is 0.275 e. The number of hydrogen-bond donors (Lipinski definition) is 1. The van der Waals surface area contributed by atoms with E-state index in [0.717, 1.165) is 22.5 Å². The summed E-state index contributed by atoms with van der Waals surface area (Å²) in [4.78, 5) is 16.8. The molecular formula is C20H18N6O. The number of nitrogens with zero attached hydrogens (tertiary/aromatic N) is 5. The number of carbonyl (C=O) groups is 1. The van der Waals surface area contributed by atoms with Crippen molar-refractivity contribution in [1.82, 2.24) is 24.5 Å². The van der Waals surface area contributed by atoms with Crippen molar-refractivity contribution < 1.29 is 4.79 Å². The maximum absolute atomic E-state index is 12.7. The maximum atomic E-state index is 12.7. The van der Waals surface area contributed by atoms with Gasteiger partial charge in [0.2, 0.25) is 0 Å². The predicted molar refractivity (Wildman–Crippen MR) is 103 cm³/mol. The predicted octanol–water partition coefficient (Wildman–Crippen LogP) is 3.23. The van der Waals surface area contributed by atoms with Crippen LogP contribution in [-0.2, 0) is 7.05 Å². The first-order chi connectivity index (χ1) is 13.1. The van der Waals surface area contributed by atoms with Gasteiger partial charge in [-0.1, -0.05) is 24.3 Å². The lowest BCUT2D eigenvalue weighted by molar-refractivity contribution is 0.102. The Bertz CT molecular complexity index is 1100. The highest BCUT2D eigenvalue weighted by Gasteiger charge is 2.14. The van der Waals surface area contributed by atoms with Crippen LogP contribution in [0.4, 0.5) is 5.82 Å². The molecule has 134 valence electrons. The molecule has 0 atom stereocenters. The fourth-order valence-electron chi connectivity index (χ4n) is 2.86. The van der Waals surface area contributed by atoms with Gasteiger partial charge in [-0.3, -0.25) is 14.5 Å². The molecule has 0 aliphatic carbocycles. The lowest BCUT2D eigenvalue weighted by Gasteiger charge is -2.06. The molecule has 3 aromatic heterocycles. The van der Waals surface area contributed by atoms with Crippen molar-refractivity contribution in [1.29, 1.82) is 0 Å². The Morgan fingerprint density at radius 2 is 1.93 bits per heavy atom. The van der Waals surface area contributed by atoms with Crippen LogP contribution >= 0.6 is 0 Å². The van der Waals surface area contributed by atoms with Gasteiger partial charge in [-0.25, -0.2) is 4.68 Å². The monoisotopic (exact) mass is 358 g/mol. The van der Waals surface area contributed by atoms with Crippen molar-refractivity contribution in [3.05, 3.63) is 78.4 Å². The van der Waals surface area contributed by atoms with E-state index in [1.165, 1.54) is 0 Å². The third kappa shape index (κ3) is 3.35. The van der Waals surface area contributed by atoms with Gasteiger partial charge in [0.05, 0.1) is 11.4 Å². The molecule has 0 aliphatic rings. The number of carbonyl (C=O) groups excluding carboxylic acids is 1. The summed E-state index contributed by atoms with van der Waals surface area (Å²) in [5.41, 5.74) is 4.05. The first-order valence-corrected chi connectivity index (χ1v) is 8.49. The van der Waals surface area contributed by atoms with Gasteiger partial charge in [0.1, 0.15) is 11.5 Å². The van der Waals surface area contributed by atoms with Crippen molar-refractivity contribution in [2.75, 3.05) is 5.32 Å². The zero-order valence-electron chi connectivity index (χ0n) is 15.0. The Kier molecular flexibility index (Phi) is 4.25. The van der Waals surface area contributed by atoms with Crippen LogP contribution in [0, 0.1) is 6.92 Å². The number of nitrogens with one attached hydrogen (secondary N) is 1. The Balaban J connectivity index is 1.59. The SMILES string of the molecule is Cc1ccccc1-c1cc(NC(=O)c2cc(-n3cccn3)ccn2)n(C)n1. The molecule has 0 radical (unpaired) electrons. The van der Waals surface area contributed by atoms with Gasteiger partial charge in [0.25, 0.3) is 5.91 Å². The van der Waals surface area contributed by atoms with E-state index in [1.54, 1.807) is 40.9 Å². The molecule has 0 aliphatic heterocycles. The van der Waals surface area contributed by atoms with E-state index >= 15 is 0 Å². The molecule has 3 heterocycles. The summed E-state index contributed by atoms with van der Waals surface area (Å²) < 4.78 is 3.33. The van der Waals surface area contributed by atoms with Gasteiger partial charge in [-0.2, -0.15) is 10.2 Å². The van der Waals surface area contributed by atoms with Crippen LogP contribution < -0.4 is 5.32 Å². The summed E-state index contributed by atoms with van der Waals surface area (Å²) >= 11 is 0. The van der Waals surface area contributed by atoms with Crippen LogP contribution in [0.2, 0.25) is 0 Å². The topological polar surface area (TPSA) is 77.6 Å². The van der Waals surface area contributed by atoms with Gasteiger partial charge in [-0.15, -0.1) is 0 Å². The van der Waals surface area contributed by atoms with E-state index in [-0.39, 0.29) is 5.91 Å². The zero-order valence-corrected chi connectivity index (χ0v) is 15.0. The third-order valence-electron chi connectivity index (χ3n) is 4.29. The first kappa shape index (κ1) is 16.7. The van der Waals surface area contributed by atoms with Crippen LogP contribution in [0.1, 0.15) is 16.1 Å². The number of pyridine rings is 1. The second-order valence-electron chi connectivity index (χ2n) is 6.16. The molecule has 0 unspecified atom stereocenters. The number of anilines is 1. The molecule has 0 saturated heterocycles. The summed E-state index contributed by atoms with van der Waals surface area (Å²) in [6.07, 6.45) is 5.09. The Morgan fingerprint density at radius 1 is 1.07 bits per heavy atom. The van der Waals surface area contributed by atoms with Crippen LogP contribution in [0.25, 0.3) is 16.9 Å². The fraction of sp³-hybridized carbons (Fsp3) is 0.100. The van der Waals surface area contributed by atoms with E-state index < -0.39 is 0 Å². The molecular weight excluding hydrogens is 340 g/mol. The molecule has 1 amide bonds. The van der Waals surface area contributed by atoms with Gasteiger partial charge >= 0.3 is 0 Å². The summed E-state index contributed by atoms with van der Waals surface area (Å²) in [5, 5.41) is 11.6. The lowest BCUT2D eigenvalue weighted by atomic mass is 10.1. The molecule has 0 fully saturated rings. The van der Waals surface area contributed by atoms with E-state index in [0.29, 0.717) is 11.5 Å². The Hall–Kier alpha value is -3.74. The second-order valence-corrected chi connectivity index (χ2v) is 6.16. The first-order valence-electron chi connectivity index (χ1n) is 8.49. The molecule has 0 saturated carbocycles. The summed E-state index contributed by atoms with van der Waals surface area (Å²) in [6, 6.07) is 15.2. The molecule has 4 aromatic rings. The fourth-order valence-corrected chi connectivity index (χ4v) is 2.86. The largest absolute Gasteiger partial charge is 0.305 e. The van der Waals surface area contributed by atoms with Crippen molar-refractivity contribution in [2.24, 2.45) is 7.05 Å². The lowest BCUT2D eigenvalue weighted by Crippen LogP contribution is -2.16. The smallest absolute Gasteiger partial charge is 0.275 e. The van der Waals surface area contributed by atoms with Gasteiger partial charge in [0.15, 0.2) is 0 Å². The molecule has 7 nitrogen and oxygen atoms in total. The third-order valence-corrected chi connectivity index (χ3v) is 4.29. The van der Waals surface area contributed by atoms with E-state index in [2.05, 4.69) is 20.5 Å². The van der Waals surface area contributed by atoms with Crippen LogP contribution in [0.5, 0.6) is 0 Å². The number of benzene rings is 1. The standard InChI is InChI=1S/C20H18N6O/c1-14-6-3-4-7-16(14)17-13-19(25(2)24-17)23-20(27)18-12-15(8-10-21-18)26-11-5-9-22-26/h3-13H,1-2H3,(H,23,27). The molecule has 0 bridgehead atoms. The number of rotatable bonds is 4. The molecule has 7 heteroatoms. The highest BCUT2D eigenvalue weighted by Crippen LogP contribution is 2.24. The number of aryl methyl sites for hydroxylation is 2. The Morgan fingerprint density at radius 3 is 2.70 bits per heavy atom. The molecule has 27 heavy (non-hydrogen) atoms. The molecule has 0 spiro atoms. The van der Waals surface area contributed by atoms with Crippen molar-refractivity contribution in [3.8, 4) is 16.9 Å². The summed E-state index contributed by atoms with van der Waals surface area (Å²) in [6.45, 7) is 2.03. The molecule has 1 N–H and O–H groups in total. The molecule has 1 aromatic carbocycles. The highest BCUT2D eigenvalue weighted by atomic mass is 16.2. The number of hydrogen-bond acceptors (Lipinski definition) is 4. The van der Waals surface area contributed by atoms with Gasteiger partial charge in [0, 0.05) is 37.3 Å². The second kappa shape index (κ2) is 6.87. The average molecular weight is 358 g/mol. The zero-order chi connectivity index (χ0) is 18.8. The van der Waals surface area contributed by atoms with Gasteiger partial charge in [-0.05, 0) is 30.7 Å². The minimum atomic E-state index is -0.302. The van der Waals surface area contributed by atoms with Crippen molar-refractivity contribution in [2.45, 2.75) is 6.92 Å². The summed E-state index contributed by atoms with van der Waals surface area (Å²) in [7, 11) is 1.80. The van der Waals surface area contributed by atoms with Crippen molar-refractivity contribution >= 4 is 11.7 Å². The molecule has 4 rings (SSSR count). The minimum Gasteiger partial charge on any atom is -0.305 e. The summed E-state index contributed by atoms with van der Waals surface area (Å²) in [5.74, 6) is 0.299. The number of amides is 1. The average Bonchev–Trinajstić information content (AvgIpc) is 3.33. The quantitative estimate of drug-likeness (QED) is 0.607. The van der Waals surface area contributed by atoms with E-state index in [1.807, 2.05) is 49.5 Å². The number of aromatic nitrogens is 5. The van der Waals surface area contributed by atoms with Crippen molar-refractivity contribution in [3.63, 3.8) is 0 Å².